The average molecular weight is 522 g/mol. The summed E-state index contributed by atoms with van der Waals surface area (Å²) in [7, 11) is 5.63. The normalized spacial score (nSPS) is 12.3. The fourth-order valence-electron chi connectivity index (χ4n) is 2.73. The summed E-state index contributed by atoms with van der Waals surface area (Å²) in [4.78, 5) is 6.59. The van der Waals surface area contributed by atoms with Crippen molar-refractivity contribution >= 4 is 29.9 Å². The van der Waals surface area contributed by atoms with Crippen molar-refractivity contribution in [3.05, 3.63) is 23.8 Å². The Bertz CT molecular complexity index is 587. The maximum absolute atomic E-state index is 5.73. The number of nitrogens with one attached hydrogen (secondary N) is 2. The van der Waals surface area contributed by atoms with Crippen molar-refractivity contribution in [2.24, 2.45) is 4.99 Å². The summed E-state index contributed by atoms with van der Waals surface area (Å²) in [6.45, 7) is 10.9. The van der Waals surface area contributed by atoms with Crippen molar-refractivity contribution < 1.29 is 14.2 Å². The Kier molecular flexibility index (Phi) is 15.8. The van der Waals surface area contributed by atoms with Crippen LogP contribution < -0.4 is 20.1 Å². The number of likely N-dealkylation sites (N-methyl/N-ethyl adjacent to an activating group) is 1. The third-order valence-corrected chi connectivity index (χ3v) is 4.33. The molecule has 1 unspecified atom stereocenters. The molecule has 7 nitrogen and oxygen atoms in total. The maximum atomic E-state index is 5.73. The van der Waals surface area contributed by atoms with Crippen LogP contribution in [-0.2, 0) is 4.74 Å². The molecule has 0 amide bonds. The highest BCUT2D eigenvalue weighted by atomic mass is 127. The standard InChI is InChI=1S/C21H38N4O3.HI/c1-7-27-19-11-10-18(16-20(19)28-8-2)17(3)24-21(22-4)23-12-9-13-25(5)14-15-26-6;/h10-11,16-17H,7-9,12-15H2,1-6H3,(H2,22,23,24);1H. The number of benzene rings is 1. The second-order valence-electron chi connectivity index (χ2n) is 6.59. The van der Waals surface area contributed by atoms with Gasteiger partial charge in [-0.1, -0.05) is 6.07 Å². The summed E-state index contributed by atoms with van der Waals surface area (Å²) in [6.07, 6.45) is 1.03. The van der Waals surface area contributed by atoms with Gasteiger partial charge in [0.05, 0.1) is 25.9 Å². The lowest BCUT2D eigenvalue weighted by molar-refractivity contribution is 0.161. The molecule has 0 aliphatic rings. The molecule has 1 atom stereocenters. The summed E-state index contributed by atoms with van der Waals surface area (Å²) >= 11 is 0. The van der Waals surface area contributed by atoms with Crippen LogP contribution in [0.25, 0.3) is 0 Å². The van der Waals surface area contributed by atoms with Gasteiger partial charge in [-0.15, -0.1) is 24.0 Å². The monoisotopic (exact) mass is 522 g/mol. The van der Waals surface area contributed by atoms with E-state index in [1.54, 1.807) is 14.2 Å². The highest BCUT2D eigenvalue weighted by Crippen LogP contribution is 2.30. The van der Waals surface area contributed by atoms with Crippen LogP contribution in [0, 0.1) is 0 Å². The molecule has 0 bridgehead atoms. The van der Waals surface area contributed by atoms with Gasteiger partial charge in [0.1, 0.15) is 0 Å². The average Bonchev–Trinajstić information content (AvgIpc) is 2.70. The van der Waals surface area contributed by atoms with E-state index in [9.17, 15) is 0 Å². The second-order valence-corrected chi connectivity index (χ2v) is 6.59. The van der Waals surface area contributed by atoms with Gasteiger partial charge >= 0.3 is 0 Å². The molecule has 1 rings (SSSR count). The van der Waals surface area contributed by atoms with E-state index in [-0.39, 0.29) is 30.0 Å². The minimum absolute atomic E-state index is 0. The van der Waals surface area contributed by atoms with Crippen LogP contribution in [0.3, 0.4) is 0 Å². The Morgan fingerprint density at radius 3 is 2.45 bits per heavy atom. The molecule has 0 aromatic heterocycles. The first-order valence-electron chi connectivity index (χ1n) is 10.1. The Labute approximate surface area is 193 Å². The number of methoxy groups -OCH3 is 1. The van der Waals surface area contributed by atoms with E-state index in [0.717, 1.165) is 55.7 Å². The zero-order valence-electron chi connectivity index (χ0n) is 18.8. The number of ether oxygens (including phenoxy) is 3. The van der Waals surface area contributed by atoms with Crippen molar-refractivity contribution in [1.82, 2.24) is 15.5 Å². The van der Waals surface area contributed by atoms with Gasteiger partial charge in [0.25, 0.3) is 0 Å². The van der Waals surface area contributed by atoms with E-state index in [1.807, 2.05) is 26.0 Å². The summed E-state index contributed by atoms with van der Waals surface area (Å²) in [6, 6.07) is 6.15. The van der Waals surface area contributed by atoms with Gasteiger partial charge in [-0.3, -0.25) is 4.99 Å². The number of hydrogen-bond acceptors (Lipinski definition) is 5. The van der Waals surface area contributed by atoms with Crippen molar-refractivity contribution in [3.8, 4) is 11.5 Å². The fourth-order valence-corrected chi connectivity index (χ4v) is 2.73. The lowest BCUT2D eigenvalue weighted by Gasteiger charge is -2.21. The molecule has 1 aromatic rings. The quantitative estimate of drug-likeness (QED) is 0.180. The van der Waals surface area contributed by atoms with Crippen molar-refractivity contribution in [2.45, 2.75) is 33.2 Å². The molecular weight excluding hydrogens is 483 g/mol. The topological polar surface area (TPSA) is 67.4 Å². The van der Waals surface area contributed by atoms with Crippen molar-refractivity contribution in [3.63, 3.8) is 0 Å². The van der Waals surface area contributed by atoms with Crippen LogP contribution in [0.4, 0.5) is 0 Å². The van der Waals surface area contributed by atoms with E-state index >= 15 is 0 Å². The molecule has 0 saturated heterocycles. The van der Waals surface area contributed by atoms with Gasteiger partial charge in [-0.25, -0.2) is 0 Å². The summed E-state index contributed by atoms with van der Waals surface area (Å²) < 4.78 is 16.5. The van der Waals surface area contributed by atoms with Crippen LogP contribution in [0.2, 0.25) is 0 Å². The molecule has 0 aliphatic heterocycles. The molecule has 168 valence electrons. The molecule has 0 heterocycles. The highest BCUT2D eigenvalue weighted by molar-refractivity contribution is 14.0. The number of rotatable bonds is 13. The summed E-state index contributed by atoms with van der Waals surface area (Å²) in [5.41, 5.74) is 1.12. The van der Waals surface area contributed by atoms with Crippen molar-refractivity contribution in [2.75, 3.05) is 60.7 Å². The van der Waals surface area contributed by atoms with E-state index in [1.165, 1.54) is 0 Å². The molecule has 0 fully saturated rings. The largest absolute Gasteiger partial charge is 0.490 e. The van der Waals surface area contributed by atoms with E-state index in [0.29, 0.717) is 13.2 Å². The first-order valence-corrected chi connectivity index (χ1v) is 10.1. The zero-order valence-corrected chi connectivity index (χ0v) is 21.1. The van der Waals surface area contributed by atoms with Gasteiger partial charge in [-0.05, 0) is 58.5 Å². The van der Waals surface area contributed by atoms with Crippen LogP contribution >= 0.6 is 24.0 Å². The number of guanidine groups is 1. The van der Waals surface area contributed by atoms with Crippen LogP contribution in [0.5, 0.6) is 11.5 Å². The predicted octanol–water partition coefficient (Wildman–Crippen LogP) is 3.30. The number of nitrogens with zero attached hydrogens (tertiary/aromatic N) is 2. The molecule has 0 aliphatic carbocycles. The second kappa shape index (κ2) is 16.5. The molecule has 0 saturated carbocycles. The Morgan fingerprint density at radius 2 is 1.83 bits per heavy atom. The number of aliphatic imine (C=N–C) groups is 1. The summed E-state index contributed by atoms with van der Waals surface area (Å²) in [5.74, 6) is 2.34. The first-order chi connectivity index (χ1) is 13.5. The minimum atomic E-state index is 0. The van der Waals surface area contributed by atoms with Gasteiger partial charge < -0.3 is 29.7 Å². The molecule has 2 N–H and O–H groups in total. The predicted molar refractivity (Wildman–Crippen MR) is 131 cm³/mol. The van der Waals surface area contributed by atoms with E-state index < -0.39 is 0 Å². The van der Waals surface area contributed by atoms with Gasteiger partial charge in [0, 0.05) is 27.2 Å². The van der Waals surface area contributed by atoms with Crippen LogP contribution in [-0.4, -0.2) is 71.5 Å². The maximum Gasteiger partial charge on any atom is 0.191 e. The fraction of sp³-hybridized carbons (Fsp3) is 0.667. The summed E-state index contributed by atoms with van der Waals surface area (Å²) in [5, 5.41) is 6.81. The molecule has 8 heteroatoms. The first kappa shape index (κ1) is 27.7. The Hall–Kier alpha value is -1.26. The molecule has 0 radical (unpaired) electrons. The lowest BCUT2D eigenvalue weighted by atomic mass is 10.1. The lowest BCUT2D eigenvalue weighted by Crippen LogP contribution is -2.40. The van der Waals surface area contributed by atoms with Crippen molar-refractivity contribution in [1.29, 1.82) is 0 Å². The van der Waals surface area contributed by atoms with E-state index in [4.69, 9.17) is 14.2 Å². The minimum Gasteiger partial charge on any atom is -0.490 e. The van der Waals surface area contributed by atoms with Crippen LogP contribution in [0.1, 0.15) is 38.8 Å². The SMILES string of the molecule is CCOc1ccc(C(C)NC(=NC)NCCCN(C)CCOC)cc1OCC.I. The van der Waals surface area contributed by atoms with Gasteiger partial charge in [0.15, 0.2) is 17.5 Å². The molecular formula is C21H39IN4O3. The third kappa shape index (κ3) is 10.9. The Morgan fingerprint density at radius 1 is 1.14 bits per heavy atom. The zero-order chi connectivity index (χ0) is 20.8. The Balaban J connectivity index is 0.00000784. The molecule has 0 spiro atoms. The van der Waals surface area contributed by atoms with Crippen LogP contribution in [0.15, 0.2) is 23.2 Å². The van der Waals surface area contributed by atoms with Gasteiger partial charge in [0.2, 0.25) is 0 Å². The third-order valence-electron chi connectivity index (χ3n) is 4.33. The van der Waals surface area contributed by atoms with Gasteiger partial charge in [-0.2, -0.15) is 0 Å². The highest BCUT2D eigenvalue weighted by Gasteiger charge is 2.12. The molecule has 1 aromatic carbocycles. The number of hydrogen-bond donors (Lipinski definition) is 2. The van der Waals surface area contributed by atoms with E-state index in [2.05, 4.69) is 40.6 Å². The smallest absolute Gasteiger partial charge is 0.191 e. The number of halogens is 1. The molecule has 29 heavy (non-hydrogen) atoms.